The first-order chi connectivity index (χ1) is 12.6. The molecule has 0 atom stereocenters. The Hall–Kier alpha value is -2.20. The SMILES string of the molecule is CC1CCC(NS(=O)(=O)c2ccc(NCC(=O)N(C)C)c([N+](=O)[O-])c2)CC1. The van der Waals surface area contributed by atoms with E-state index in [0.717, 1.165) is 31.7 Å². The summed E-state index contributed by atoms with van der Waals surface area (Å²) in [6, 6.07) is 3.50. The van der Waals surface area contributed by atoms with Crippen LogP contribution >= 0.6 is 0 Å². The number of rotatable bonds is 7. The highest BCUT2D eigenvalue weighted by Crippen LogP contribution is 2.29. The van der Waals surface area contributed by atoms with Crippen molar-refractivity contribution in [3.63, 3.8) is 0 Å². The van der Waals surface area contributed by atoms with Gasteiger partial charge in [0.05, 0.1) is 16.4 Å². The van der Waals surface area contributed by atoms with Crippen molar-refractivity contribution in [3.05, 3.63) is 28.3 Å². The Morgan fingerprint density at radius 3 is 2.44 bits per heavy atom. The predicted octanol–water partition coefficient (Wildman–Crippen LogP) is 1.95. The Kier molecular flexibility index (Phi) is 6.77. The summed E-state index contributed by atoms with van der Waals surface area (Å²) in [6.45, 7) is 2.01. The van der Waals surface area contributed by atoms with Gasteiger partial charge in [-0.3, -0.25) is 14.9 Å². The summed E-state index contributed by atoms with van der Waals surface area (Å²) in [6.07, 6.45) is 3.43. The monoisotopic (exact) mass is 398 g/mol. The molecule has 0 unspecified atom stereocenters. The number of likely N-dealkylation sites (N-methyl/N-ethyl adjacent to an activating group) is 1. The molecule has 9 nitrogen and oxygen atoms in total. The molecule has 150 valence electrons. The summed E-state index contributed by atoms with van der Waals surface area (Å²) in [7, 11) is -0.702. The fraction of sp³-hybridized carbons (Fsp3) is 0.588. The van der Waals surface area contributed by atoms with Crippen molar-refractivity contribution in [2.75, 3.05) is 26.0 Å². The predicted molar refractivity (Wildman–Crippen MR) is 102 cm³/mol. The van der Waals surface area contributed by atoms with Gasteiger partial charge in [-0.15, -0.1) is 0 Å². The molecule has 1 amide bonds. The number of hydrogen-bond donors (Lipinski definition) is 2. The molecule has 1 aromatic rings. The van der Waals surface area contributed by atoms with E-state index in [-0.39, 0.29) is 34.8 Å². The molecule has 0 heterocycles. The molecule has 1 aromatic carbocycles. The van der Waals surface area contributed by atoms with Gasteiger partial charge in [-0.2, -0.15) is 0 Å². The van der Waals surface area contributed by atoms with Gasteiger partial charge in [0.2, 0.25) is 15.9 Å². The number of nitrogens with one attached hydrogen (secondary N) is 2. The summed E-state index contributed by atoms with van der Waals surface area (Å²) in [5.74, 6) is 0.330. The van der Waals surface area contributed by atoms with Gasteiger partial charge < -0.3 is 10.2 Å². The van der Waals surface area contributed by atoms with Crippen LogP contribution in [-0.4, -0.2) is 50.8 Å². The fourth-order valence-corrected chi connectivity index (χ4v) is 4.30. The summed E-state index contributed by atoms with van der Waals surface area (Å²) < 4.78 is 27.9. The van der Waals surface area contributed by atoms with E-state index in [0.29, 0.717) is 5.92 Å². The van der Waals surface area contributed by atoms with Gasteiger partial charge in [-0.05, 0) is 43.7 Å². The van der Waals surface area contributed by atoms with Crippen molar-refractivity contribution in [1.82, 2.24) is 9.62 Å². The number of nitro benzene ring substituents is 1. The van der Waals surface area contributed by atoms with Crippen molar-refractivity contribution in [1.29, 1.82) is 0 Å². The average molecular weight is 398 g/mol. The fourth-order valence-electron chi connectivity index (χ4n) is 2.97. The van der Waals surface area contributed by atoms with E-state index >= 15 is 0 Å². The number of benzene rings is 1. The largest absolute Gasteiger partial charge is 0.371 e. The molecule has 0 aromatic heterocycles. The Morgan fingerprint density at radius 2 is 1.89 bits per heavy atom. The maximum absolute atomic E-state index is 12.6. The van der Waals surface area contributed by atoms with E-state index in [9.17, 15) is 23.3 Å². The molecular formula is C17H26N4O5S. The van der Waals surface area contributed by atoms with E-state index in [4.69, 9.17) is 0 Å². The molecule has 10 heteroatoms. The number of nitrogens with zero attached hydrogens (tertiary/aromatic N) is 2. The van der Waals surface area contributed by atoms with Crippen molar-refractivity contribution < 1.29 is 18.1 Å². The van der Waals surface area contributed by atoms with Crippen LogP contribution in [-0.2, 0) is 14.8 Å². The van der Waals surface area contributed by atoms with Crippen LogP contribution in [0.2, 0.25) is 0 Å². The summed E-state index contributed by atoms with van der Waals surface area (Å²) in [5, 5.41) is 14.1. The van der Waals surface area contributed by atoms with Gasteiger partial charge in [-0.25, -0.2) is 13.1 Å². The van der Waals surface area contributed by atoms with Gasteiger partial charge in [-0.1, -0.05) is 6.92 Å². The minimum atomic E-state index is -3.85. The van der Waals surface area contributed by atoms with Gasteiger partial charge in [0, 0.05) is 26.2 Å². The first kappa shape index (κ1) is 21.1. The Balaban J connectivity index is 2.18. The highest BCUT2D eigenvalue weighted by atomic mass is 32.2. The molecule has 2 rings (SSSR count). The maximum Gasteiger partial charge on any atom is 0.293 e. The lowest BCUT2D eigenvalue weighted by Crippen LogP contribution is -2.37. The zero-order valence-electron chi connectivity index (χ0n) is 15.8. The smallest absolute Gasteiger partial charge is 0.293 e. The number of sulfonamides is 1. The third-order valence-corrected chi connectivity index (χ3v) is 6.26. The molecule has 0 bridgehead atoms. The summed E-state index contributed by atoms with van der Waals surface area (Å²) in [4.78, 5) is 23.6. The number of hydrogen-bond acceptors (Lipinski definition) is 6. The lowest BCUT2D eigenvalue weighted by molar-refractivity contribution is -0.384. The van der Waals surface area contributed by atoms with E-state index in [1.807, 2.05) is 0 Å². The number of carbonyl (C=O) groups is 1. The van der Waals surface area contributed by atoms with Crippen molar-refractivity contribution in [3.8, 4) is 0 Å². The van der Waals surface area contributed by atoms with E-state index < -0.39 is 14.9 Å². The Morgan fingerprint density at radius 1 is 1.26 bits per heavy atom. The summed E-state index contributed by atoms with van der Waals surface area (Å²) in [5.41, 5.74) is -0.290. The van der Waals surface area contributed by atoms with Crippen molar-refractivity contribution in [2.24, 2.45) is 5.92 Å². The van der Waals surface area contributed by atoms with Gasteiger partial charge in [0.15, 0.2) is 0 Å². The second-order valence-electron chi connectivity index (χ2n) is 7.16. The van der Waals surface area contributed by atoms with Crippen LogP contribution in [0.25, 0.3) is 0 Å². The van der Waals surface area contributed by atoms with E-state index in [1.165, 1.54) is 17.0 Å². The molecule has 1 aliphatic rings. The molecular weight excluding hydrogens is 372 g/mol. The van der Waals surface area contributed by atoms with Gasteiger partial charge in [0.25, 0.3) is 5.69 Å². The molecule has 1 saturated carbocycles. The zero-order valence-corrected chi connectivity index (χ0v) is 16.6. The topological polar surface area (TPSA) is 122 Å². The van der Waals surface area contributed by atoms with E-state index in [1.54, 1.807) is 14.1 Å². The summed E-state index contributed by atoms with van der Waals surface area (Å²) >= 11 is 0. The molecule has 1 aliphatic carbocycles. The number of amides is 1. The molecule has 27 heavy (non-hydrogen) atoms. The van der Waals surface area contributed by atoms with Crippen molar-refractivity contribution >= 4 is 27.3 Å². The quantitative estimate of drug-likeness (QED) is 0.535. The van der Waals surface area contributed by atoms with Crippen LogP contribution in [0.1, 0.15) is 32.6 Å². The number of anilines is 1. The van der Waals surface area contributed by atoms with Gasteiger partial charge >= 0.3 is 0 Å². The third-order valence-electron chi connectivity index (χ3n) is 4.74. The normalized spacial score (nSPS) is 20.1. The van der Waals surface area contributed by atoms with Crippen LogP contribution in [0.15, 0.2) is 23.1 Å². The third kappa shape index (κ3) is 5.64. The van der Waals surface area contributed by atoms with Crippen LogP contribution in [0.3, 0.4) is 0 Å². The molecule has 2 N–H and O–H groups in total. The van der Waals surface area contributed by atoms with Crippen LogP contribution in [0.4, 0.5) is 11.4 Å². The first-order valence-corrected chi connectivity index (χ1v) is 10.3. The standard InChI is InChI=1S/C17H26N4O5S/c1-12-4-6-13(7-5-12)19-27(25,26)14-8-9-15(16(10-14)21(23)24)18-11-17(22)20(2)3/h8-10,12-13,18-19H,4-7,11H2,1-3H3. The molecule has 0 spiro atoms. The zero-order chi connectivity index (χ0) is 20.2. The van der Waals surface area contributed by atoms with Crippen LogP contribution < -0.4 is 10.0 Å². The Bertz CT molecular complexity index is 802. The number of carbonyl (C=O) groups excluding carboxylic acids is 1. The Labute approximate surface area is 159 Å². The van der Waals surface area contributed by atoms with E-state index in [2.05, 4.69) is 17.0 Å². The minimum absolute atomic E-state index is 0.0978. The molecule has 1 fully saturated rings. The average Bonchev–Trinajstić information content (AvgIpc) is 2.61. The molecule has 0 saturated heterocycles. The highest BCUT2D eigenvalue weighted by Gasteiger charge is 2.26. The highest BCUT2D eigenvalue weighted by molar-refractivity contribution is 7.89. The van der Waals surface area contributed by atoms with Crippen LogP contribution in [0.5, 0.6) is 0 Å². The number of nitro groups is 1. The lowest BCUT2D eigenvalue weighted by Gasteiger charge is -2.26. The second-order valence-corrected chi connectivity index (χ2v) is 8.87. The van der Waals surface area contributed by atoms with Crippen molar-refractivity contribution in [2.45, 2.75) is 43.5 Å². The maximum atomic E-state index is 12.6. The first-order valence-electron chi connectivity index (χ1n) is 8.85. The molecule has 0 radical (unpaired) electrons. The lowest BCUT2D eigenvalue weighted by atomic mass is 9.88. The van der Waals surface area contributed by atoms with Gasteiger partial charge in [0.1, 0.15) is 5.69 Å². The second kappa shape index (κ2) is 8.66. The van der Waals surface area contributed by atoms with Crippen LogP contribution in [0, 0.1) is 16.0 Å². The molecule has 0 aliphatic heterocycles. The minimum Gasteiger partial charge on any atom is -0.371 e.